The number of fused-ring (bicyclic) bond motifs is 6. The van der Waals surface area contributed by atoms with E-state index in [2.05, 4.69) is 94.1 Å². The van der Waals surface area contributed by atoms with E-state index in [0.717, 1.165) is 33.4 Å². The molecule has 0 aliphatic heterocycles. The van der Waals surface area contributed by atoms with Crippen molar-refractivity contribution in [2.45, 2.75) is 0 Å². The van der Waals surface area contributed by atoms with Crippen LogP contribution in [0.1, 0.15) is 11.1 Å². The van der Waals surface area contributed by atoms with Gasteiger partial charge in [-0.05, 0) is 59.7 Å². The van der Waals surface area contributed by atoms with E-state index in [-0.39, 0.29) is 0 Å². The second-order valence-corrected chi connectivity index (χ2v) is 10.8. The molecule has 2 heterocycles. The SMILES string of the molecule is N#C/C(=C(/C#N)c1ccc(-n2c3ccccc3c3ccccc32)cc1)c1ccc(-n2c3ccccc3c3ccccc32)cc1. The molecule has 0 spiro atoms. The van der Waals surface area contributed by atoms with Crippen molar-refractivity contribution in [3.63, 3.8) is 0 Å². The molecule has 0 unspecified atom stereocenters. The van der Waals surface area contributed by atoms with Crippen LogP contribution >= 0.6 is 0 Å². The van der Waals surface area contributed by atoms with E-state index in [1.54, 1.807) is 0 Å². The average molecular weight is 561 g/mol. The molecule has 4 nitrogen and oxygen atoms in total. The monoisotopic (exact) mass is 560 g/mol. The van der Waals surface area contributed by atoms with Gasteiger partial charge in [-0.15, -0.1) is 0 Å². The molecule has 0 saturated carbocycles. The van der Waals surface area contributed by atoms with Crippen molar-refractivity contribution in [3.05, 3.63) is 157 Å². The number of aromatic nitrogens is 2. The first-order chi connectivity index (χ1) is 21.8. The van der Waals surface area contributed by atoms with Crippen LogP contribution in [0.2, 0.25) is 0 Å². The summed E-state index contributed by atoms with van der Waals surface area (Å²) < 4.78 is 4.48. The molecule has 0 aliphatic rings. The predicted octanol–water partition coefficient (Wildman–Crippen LogP) is 9.84. The van der Waals surface area contributed by atoms with Crippen LogP contribution in [0.5, 0.6) is 0 Å². The van der Waals surface area contributed by atoms with Crippen LogP contribution in [-0.2, 0) is 0 Å². The molecule has 0 aliphatic carbocycles. The molecule has 2 aromatic heterocycles. The lowest BCUT2D eigenvalue weighted by atomic mass is 9.96. The van der Waals surface area contributed by atoms with Crippen LogP contribution in [0.25, 0.3) is 66.1 Å². The molecule has 44 heavy (non-hydrogen) atoms. The minimum atomic E-state index is 0.353. The number of allylic oxidation sites excluding steroid dienone is 2. The Hall–Kier alpha value is -6.36. The molecule has 0 amide bonds. The topological polar surface area (TPSA) is 57.4 Å². The zero-order valence-corrected chi connectivity index (χ0v) is 23.6. The summed E-state index contributed by atoms with van der Waals surface area (Å²) in [6.45, 7) is 0. The first-order valence-electron chi connectivity index (χ1n) is 14.5. The van der Waals surface area contributed by atoms with Crippen LogP contribution in [0.3, 0.4) is 0 Å². The van der Waals surface area contributed by atoms with Crippen molar-refractivity contribution in [2.75, 3.05) is 0 Å². The molecule has 0 atom stereocenters. The van der Waals surface area contributed by atoms with Gasteiger partial charge in [0.15, 0.2) is 0 Å². The van der Waals surface area contributed by atoms with Crippen molar-refractivity contribution in [3.8, 4) is 23.5 Å². The fourth-order valence-electron chi connectivity index (χ4n) is 6.49. The summed E-state index contributed by atoms with van der Waals surface area (Å²) in [5.74, 6) is 0. The maximum atomic E-state index is 10.3. The Balaban J connectivity index is 1.20. The van der Waals surface area contributed by atoms with Gasteiger partial charge < -0.3 is 9.13 Å². The van der Waals surface area contributed by atoms with Crippen LogP contribution in [0.15, 0.2) is 146 Å². The number of nitrogens with zero attached hydrogens (tertiary/aromatic N) is 4. The second-order valence-electron chi connectivity index (χ2n) is 10.8. The Morgan fingerprint density at radius 1 is 0.364 bits per heavy atom. The van der Waals surface area contributed by atoms with Gasteiger partial charge >= 0.3 is 0 Å². The van der Waals surface area contributed by atoms with Gasteiger partial charge in [-0.1, -0.05) is 97.1 Å². The van der Waals surface area contributed by atoms with E-state index in [0.29, 0.717) is 22.3 Å². The zero-order valence-electron chi connectivity index (χ0n) is 23.6. The first-order valence-corrected chi connectivity index (χ1v) is 14.5. The first kappa shape index (κ1) is 25.4. The van der Waals surface area contributed by atoms with Gasteiger partial charge in [0.1, 0.15) is 12.1 Å². The second kappa shape index (κ2) is 10.2. The lowest BCUT2D eigenvalue weighted by molar-refractivity contribution is 1.18. The summed E-state index contributed by atoms with van der Waals surface area (Å²) in [4.78, 5) is 0. The minimum absolute atomic E-state index is 0.353. The highest BCUT2D eigenvalue weighted by Crippen LogP contribution is 2.35. The summed E-state index contributed by atoms with van der Waals surface area (Å²) in [6.07, 6.45) is 0. The third kappa shape index (κ3) is 3.83. The van der Waals surface area contributed by atoms with Crippen molar-refractivity contribution < 1.29 is 0 Å². The zero-order chi connectivity index (χ0) is 29.6. The molecule has 204 valence electrons. The number of hydrogen-bond acceptors (Lipinski definition) is 2. The van der Waals surface area contributed by atoms with Crippen LogP contribution < -0.4 is 0 Å². The van der Waals surface area contributed by atoms with Gasteiger partial charge in [0.05, 0.1) is 33.2 Å². The molecular weight excluding hydrogens is 536 g/mol. The van der Waals surface area contributed by atoms with Crippen LogP contribution in [-0.4, -0.2) is 9.13 Å². The number of nitriles is 2. The molecular formula is C40H24N4. The highest BCUT2D eigenvalue weighted by molar-refractivity contribution is 6.10. The highest BCUT2D eigenvalue weighted by Gasteiger charge is 2.16. The fraction of sp³-hybridized carbons (Fsp3) is 0. The van der Waals surface area contributed by atoms with Gasteiger partial charge in [0.25, 0.3) is 0 Å². The molecule has 0 radical (unpaired) electrons. The lowest BCUT2D eigenvalue weighted by Gasteiger charge is -2.11. The summed E-state index contributed by atoms with van der Waals surface area (Å²) in [6, 6.07) is 54.0. The van der Waals surface area contributed by atoms with Gasteiger partial charge in [-0.25, -0.2) is 0 Å². The molecule has 4 heteroatoms. The third-order valence-electron chi connectivity index (χ3n) is 8.46. The number of hydrogen-bond donors (Lipinski definition) is 0. The largest absolute Gasteiger partial charge is 0.309 e. The van der Waals surface area contributed by atoms with Gasteiger partial charge in [-0.3, -0.25) is 0 Å². The van der Waals surface area contributed by atoms with E-state index in [1.807, 2.05) is 72.8 Å². The summed E-state index contributed by atoms with van der Waals surface area (Å²) >= 11 is 0. The Bertz CT molecular complexity index is 2210. The van der Waals surface area contributed by atoms with E-state index in [4.69, 9.17) is 0 Å². The Morgan fingerprint density at radius 3 is 0.909 bits per heavy atom. The van der Waals surface area contributed by atoms with Crippen LogP contribution in [0.4, 0.5) is 0 Å². The molecule has 8 aromatic rings. The molecule has 0 bridgehead atoms. The molecule has 8 rings (SSSR count). The standard InChI is InChI=1S/C40H24N4/c41-25-35(27-17-21-29(22-18-27)43-37-13-5-1-9-31(37)32-10-2-6-14-38(32)43)36(26-42)28-19-23-30(24-20-28)44-39-15-7-3-11-33(39)34-12-4-8-16-40(34)44/h1-24H/b36-35+. The quantitative estimate of drug-likeness (QED) is 0.159. The van der Waals surface area contributed by atoms with Gasteiger partial charge in [0.2, 0.25) is 0 Å². The van der Waals surface area contributed by atoms with Crippen molar-refractivity contribution >= 4 is 54.8 Å². The van der Waals surface area contributed by atoms with Crippen molar-refractivity contribution in [1.82, 2.24) is 9.13 Å². The fourth-order valence-corrected chi connectivity index (χ4v) is 6.49. The van der Waals surface area contributed by atoms with Crippen molar-refractivity contribution in [1.29, 1.82) is 10.5 Å². The van der Waals surface area contributed by atoms with E-state index in [9.17, 15) is 10.5 Å². The average Bonchev–Trinajstić information content (AvgIpc) is 3.61. The Morgan fingerprint density at radius 2 is 0.636 bits per heavy atom. The summed E-state index contributed by atoms with van der Waals surface area (Å²) in [7, 11) is 0. The third-order valence-corrected chi connectivity index (χ3v) is 8.46. The Labute approximate surface area is 254 Å². The van der Waals surface area contributed by atoms with E-state index < -0.39 is 0 Å². The maximum absolute atomic E-state index is 10.3. The molecule has 0 N–H and O–H groups in total. The van der Waals surface area contributed by atoms with E-state index >= 15 is 0 Å². The molecule has 6 aromatic carbocycles. The highest BCUT2D eigenvalue weighted by atomic mass is 15.0. The minimum Gasteiger partial charge on any atom is -0.309 e. The van der Waals surface area contributed by atoms with E-state index in [1.165, 1.54) is 21.5 Å². The number of rotatable bonds is 4. The van der Waals surface area contributed by atoms with Gasteiger partial charge in [-0.2, -0.15) is 10.5 Å². The number of benzene rings is 6. The predicted molar refractivity (Wildman–Crippen MR) is 180 cm³/mol. The maximum Gasteiger partial charge on any atom is 0.101 e. The smallest absolute Gasteiger partial charge is 0.101 e. The van der Waals surface area contributed by atoms with Gasteiger partial charge in [0, 0.05) is 32.9 Å². The van der Waals surface area contributed by atoms with Crippen LogP contribution in [0, 0.1) is 22.7 Å². The summed E-state index contributed by atoms with van der Waals surface area (Å²) in [5.41, 5.74) is 8.61. The number of para-hydroxylation sites is 4. The van der Waals surface area contributed by atoms with Crippen molar-refractivity contribution in [2.24, 2.45) is 0 Å². The normalized spacial score (nSPS) is 12.0. The Kier molecular flexibility index (Phi) is 5.86. The summed E-state index contributed by atoms with van der Waals surface area (Å²) in [5, 5.41) is 25.3. The molecule has 0 fully saturated rings. The molecule has 0 saturated heterocycles. The lowest BCUT2D eigenvalue weighted by Crippen LogP contribution is -1.96.